The summed E-state index contributed by atoms with van der Waals surface area (Å²) in [5, 5.41) is 3.09. The summed E-state index contributed by atoms with van der Waals surface area (Å²) >= 11 is 6.00. The highest BCUT2D eigenvalue weighted by molar-refractivity contribution is 6.30. The zero-order valence-electron chi connectivity index (χ0n) is 15.3. The number of carbonyl (C=O) groups excluding carboxylic acids is 1. The van der Waals surface area contributed by atoms with Crippen molar-refractivity contribution in [3.63, 3.8) is 0 Å². The van der Waals surface area contributed by atoms with Crippen molar-refractivity contribution in [1.82, 2.24) is 10.3 Å². The summed E-state index contributed by atoms with van der Waals surface area (Å²) in [6.45, 7) is 0. The second-order valence-corrected chi connectivity index (χ2v) is 6.73. The van der Waals surface area contributed by atoms with Crippen LogP contribution in [0.1, 0.15) is 21.5 Å². The number of nitrogens with zero attached hydrogens (tertiary/aromatic N) is 1. The maximum atomic E-state index is 12.7. The van der Waals surface area contributed by atoms with E-state index in [4.69, 9.17) is 11.6 Å². The van der Waals surface area contributed by atoms with Crippen LogP contribution in [0.25, 0.3) is 0 Å². The zero-order valence-corrected chi connectivity index (χ0v) is 16.1. The number of amides is 1. The van der Waals surface area contributed by atoms with E-state index >= 15 is 0 Å². The largest absolute Gasteiger partial charge is 0.416 e. The van der Waals surface area contributed by atoms with Gasteiger partial charge in [0.25, 0.3) is 5.91 Å². The highest BCUT2D eigenvalue weighted by Crippen LogP contribution is 2.29. The van der Waals surface area contributed by atoms with E-state index in [2.05, 4.69) is 15.3 Å². The van der Waals surface area contributed by atoms with Gasteiger partial charge in [-0.1, -0.05) is 29.8 Å². The van der Waals surface area contributed by atoms with E-state index in [9.17, 15) is 22.8 Å². The van der Waals surface area contributed by atoms with Crippen LogP contribution in [-0.4, -0.2) is 16.7 Å². The van der Waals surface area contributed by atoms with Crippen LogP contribution in [0.3, 0.4) is 0 Å². The maximum Gasteiger partial charge on any atom is 0.416 e. The van der Waals surface area contributed by atoms with Gasteiger partial charge in [0.05, 0.1) is 5.56 Å². The minimum atomic E-state index is -4.49. The Balaban J connectivity index is 1.88. The first kappa shape index (κ1) is 21.3. The molecule has 3 aromatic rings. The van der Waals surface area contributed by atoms with Gasteiger partial charge in [-0.2, -0.15) is 13.2 Å². The number of aromatic nitrogens is 1. The summed E-state index contributed by atoms with van der Waals surface area (Å²) in [6.07, 6.45) is -4.32. The van der Waals surface area contributed by atoms with Gasteiger partial charge in [0.15, 0.2) is 0 Å². The number of benzene rings is 2. The Morgan fingerprint density at radius 1 is 1.03 bits per heavy atom. The summed E-state index contributed by atoms with van der Waals surface area (Å²) in [7, 11) is 0. The predicted molar refractivity (Wildman–Crippen MR) is 108 cm³/mol. The van der Waals surface area contributed by atoms with Crippen molar-refractivity contribution in [2.75, 3.05) is 0 Å². The van der Waals surface area contributed by atoms with Gasteiger partial charge in [0.1, 0.15) is 11.7 Å². The molecule has 30 heavy (non-hydrogen) atoms. The molecule has 3 rings (SSSR count). The fraction of sp³-hybridized carbons (Fsp3) is 0.0952. The van der Waals surface area contributed by atoms with Gasteiger partial charge < -0.3 is 10.3 Å². The smallest absolute Gasteiger partial charge is 0.310 e. The summed E-state index contributed by atoms with van der Waals surface area (Å²) in [5.41, 5.74) is -0.447. The van der Waals surface area contributed by atoms with Crippen molar-refractivity contribution < 1.29 is 18.0 Å². The van der Waals surface area contributed by atoms with E-state index < -0.39 is 17.6 Å². The maximum absolute atomic E-state index is 12.7. The van der Waals surface area contributed by atoms with Crippen molar-refractivity contribution >= 4 is 29.2 Å². The zero-order chi connectivity index (χ0) is 21.7. The van der Waals surface area contributed by atoms with Crippen molar-refractivity contribution in [2.45, 2.75) is 12.6 Å². The summed E-state index contributed by atoms with van der Waals surface area (Å²) in [5.74, 6) is -0.237. The number of rotatable bonds is 4. The van der Waals surface area contributed by atoms with Gasteiger partial charge in [0, 0.05) is 23.1 Å². The summed E-state index contributed by atoms with van der Waals surface area (Å²) in [4.78, 5) is 30.9. The average Bonchev–Trinajstić information content (AvgIpc) is 2.67. The van der Waals surface area contributed by atoms with Gasteiger partial charge in [-0.3, -0.25) is 9.59 Å². The van der Waals surface area contributed by atoms with Gasteiger partial charge in [-0.15, -0.1) is 0 Å². The number of pyridine rings is 1. The van der Waals surface area contributed by atoms with Gasteiger partial charge in [-0.05, 0) is 48.0 Å². The van der Waals surface area contributed by atoms with Crippen LogP contribution in [0.5, 0.6) is 0 Å². The van der Waals surface area contributed by atoms with Crippen molar-refractivity contribution in [1.29, 1.82) is 0 Å². The molecule has 0 radical (unpaired) electrons. The predicted octanol–water partition coefficient (Wildman–Crippen LogP) is 4.75. The highest BCUT2D eigenvalue weighted by Gasteiger charge is 2.30. The topological polar surface area (TPSA) is 74.3 Å². The molecule has 0 aliphatic rings. The molecular formula is C21H15ClF3N3O2. The first-order valence-electron chi connectivity index (χ1n) is 8.71. The lowest BCUT2D eigenvalue weighted by atomic mass is 10.1. The Morgan fingerprint density at radius 2 is 1.73 bits per heavy atom. The normalized spacial score (nSPS) is 11.9. The molecule has 2 N–H and O–H groups in total. The first-order valence-corrected chi connectivity index (χ1v) is 9.08. The fourth-order valence-electron chi connectivity index (χ4n) is 2.61. The second kappa shape index (κ2) is 8.96. The number of nitrogens with one attached hydrogen (secondary N) is 2. The minimum Gasteiger partial charge on any atom is -0.310 e. The quantitative estimate of drug-likeness (QED) is 0.460. The molecule has 0 spiro atoms. The van der Waals surface area contributed by atoms with Crippen LogP contribution in [0, 0.1) is 0 Å². The number of H-pyrrole nitrogens is 1. The van der Waals surface area contributed by atoms with Gasteiger partial charge in [-0.25, -0.2) is 4.99 Å². The Hall–Kier alpha value is -3.39. The Bertz CT molecular complexity index is 1140. The van der Waals surface area contributed by atoms with Gasteiger partial charge in [0.2, 0.25) is 5.56 Å². The lowest BCUT2D eigenvalue weighted by molar-refractivity contribution is -0.137. The van der Waals surface area contributed by atoms with Gasteiger partial charge >= 0.3 is 6.18 Å². The standard InChI is InChI=1S/C21H15ClF3N3O2/c22-16-4-1-3-13(11-16)12-18(26-17-5-2-6-19(29)27-17)28-20(30)14-7-9-15(10-8-14)21(23,24)25/h1-11H,12H2,(H2,26,27,28,29,30). The molecule has 0 bridgehead atoms. The number of amidine groups is 1. The van der Waals surface area contributed by atoms with Crippen LogP contribution in [0.2, 0.25) is 5.02 Å². The number of aliphatic imine (C=N–C) groups is 1. The molecule has 0 unspecified atom stereocenters. The molecule has 2 aromatic carbocycles. The third-order valence-corrected chi connectivity index (χ3v) is 4.24. The van der Waals surface area contributed by atoms with Crippen molar-refractivity contribution in [3.8, 4) is 0 Å². The molecule has 0 aliphatic heterocycles. The number of hydrogen-bond donors (Lipinski definition) is 2. The second-order valence-electron chi connectivity index (χ2n) is 6.29. The molecule has 0 saturated carbocycles. The highest BCUT2D eigenvalue weighted by atomic mass is 35.5. The average molecular weight is 434 g/mol. The van der Waals surface area contributed by atoms with E-state index in [1.807, 2.05) is 0 Å². The number of hydrogen-bond acceptors (Lipinski definition) is 3. The molecular weight excluding hydrogens is 419 g/mol. The Kier molecular flexibility index (Phi) is 6.37. The fourth-order valence-corrected chi connectivity index (χ4v) is 2.83. The van der Waals surface area contributed by atoms with Crippen LogP contribution < -0.4 is 10.9 Å². The molecule has 0 fully saturated rings. The van der Waals surface area contributed by atoms with Crippen LogP contribution in [0.15, 0.2) is 76.5 Å². The molecule has 154 valence electrons. The molecule has 0 saturated heterocycles. The summed E-state index contributed by atoms with van der Waals surface area (Å²) in [6, 6.07) is 15.1. The third-order valence-electron chi connectivity index (χ3n) is 4.00. The van der Waals surface area contributed by atoms with E-state index in [1.165, 1.54) is 12.1 Å². The molecule has 1 aromatic heterocycles. The van der Waals surface area contributed by atoms with E-state index in [-0.39, 0.29) is 29.2 Å². The van der Waals surface area contributed by atoms with Crippen LogP contribution in [0.4, 0.5) is 19.0 Å². The first-order chi connectivity index (χ1) is 14.2. The number of aromatic amines is 1. The van der Waals surface area contributed by atoms with Crippen molar-refractivity contribution in [2.24, 2.45) is 4.99 Å². The number of carbonyl (C=O) groups is 1. The summed E-state index contributed by atoms with van der Waals surface area (Å²) < 4.78 is 38.2. The molecule has 0 atom stereocenters. The monoisotopic (exact) mass is 433 g/mol. The SMILES string of the molecule is O=C(NC(Cc1cccc(Cl)c1)=Nc1cccc(=O)[nH]1)c1ccc(C(F)(F)F)cc1. The number of alkyl halides is 3. The van der Waals surface area contributed by atoms with E-state index in [1.54, 1.807) is 30.3 Å². The molecule has 9 heteroatoms. The van der Waals surface area contributed by atoms with Crippen molar-refractivity contribution in [3.05, 3.63) is 98.8 Å². The van der Waals surface area contributed by atoms with Crippen LogP contribution >= 0.6 is 11.6 Å². The minimum absolute atomic E-state index is 0.0309. The molecule has 5 nitrogen and oxygen atoms in total. The van der Waals surface area contributed by atoms with E-state index in [0.717, 1.165) is 29.8 Å². The molecule has 1 amide bonds. The Morgan fingerprint density at radius 3 is 2.37 bits per heavy atom. The lowest BCUT2D eigenvalue weighted by Crippen LogP contribution is -2.32. The van der Waals surface area contributed by atoms with Crippen LogP contribution in [-0.2, 0) is 12.6 Å². The van der Waals surface area contributed by atoms with E-state index in [0.29, 0.717) is 5.02 Å². The third kappa shape index (κ3) is 5.81. The number of halogens is 4. The Labute approximate surface area is 174 Å². The lowest BCUT2D eigenvalue weighted by Gasteiger charge is -2.11. The molecule has 0 aliphatic carbocycles. The molecule has 1 heterocycles.